The summed E-state index contributed by atoms with van der Waals surface area (Å²) in [5.74, 6) is 0.439. The van der Waals surface area contributed by atoms with Gasteiger partial charge in [0.05, 0.1) is 11.2 Å². The molecule has 0 fully saturated rings. The first-order chi connectivity index (χ1) is 11.1. The fourth-order valence-electron chi connectivity index (χ4n) is 2.79. The van der Waals surface area contributed by atoms with E-state index in [1.54, 1.807) is 6.20 Å². The van der Waals surface area contributed by atoms with Crippen molar-refractivity contribution in [3.8, 4) is 0 Å². The maximum absolute atomic E-state index is 12.8. The predicted molar refractivity (Wildman–Crippen MR) is 93.3 cm³/mol. The zero-order valence-electron chi connectivity index (χ0n) is 13.4. The van der Waals surface area contributed by atoms with E-state index in [4.69, 9.17) is 0 Å². The Hall–Kier alpha value is -2.62. The van der Waals surface area contributed by atoms with Crippen molar-refractivity contribution in [3.05, 3.63) is 61.1 Å². The molecule has 0 aliphatic rings. The molecule has 1 atom stereocenters. The Labute approximate surface area is 136 Å². The monoisotopic (exact) mass is 307 g/mol. The lowest BCUT2D eigenvalue weighted by molar-refractivity contribution is -0.119. The van der Waals surface area contributed by atoms with Gasteiger partial charge in [0.25, 0.3) is 0 Å². The summed E-state index contributed by atoms with van der Waals surface area (Å²) in [4.78, 5) is 17.2. The zero-order valence-corrected chi connectivity index (χ0v) is 13.4. The largest absolute Gasteiger partial charge is 0.342 e. The third-order valence-electron chi connectivity index (χ3n) is 3.89. The number of rotatable bonds is 5. The summed E-state index contributed by atoms with van der Waals surface area (Å²) >= 11 is 0. The summed E-state index contributed by atoms with van der Waals surface area (Å²) in [5, 5.41) is 4.04. The molecule has 23 heavy (non-hydrogen) atoms. The second-order valence-corrected chi connectivity index (χ2v) is 6.14. The van der Waals surface area contributed by atoms with Crippen LogP contribution in [0.15, 0.2) is 61.1 Å². The van der Waals surface area contributed by atoms with Crippen molar-refractivity contribution in [1.82, 2.24) is 9.55 Å². The van der Waals surface area contributed by atoms with Crippen molar-refractivity contribution in [2.24, 2.45) is 5.92 Å². The molecule has 0 saturated carbocycles. The number of amides is 1. The first kappa shape index (κ1) is 15.3. The Kier molecular flexibility index (Phi) is 4.42. The molecule has 0 saturated heterocycles. The van der Waals surface area contributed by atoms with E-state index >= 15 is 0 Å². The number of nitrogens with one attached hydrogen (secondary N) is 1. The van der Waals surface area contributed by atoms with Gasteiger partial charge in [-0.3, -0.25) is 9.78 Å². The molecule has 0 aliphatic carbocycles. The molecule has 0 radical (unpaired) electrons. The van der Waals surface area contributed by atoms with E-state index in [1.165, 1.54) is 0 Å². The molecule has 118 valence electrons. The van der Waals surface area contributed by atoms with E-state index in [9.17, 15) is 4.79 Å². The van der Waals surface area contributed by atoms with Crippen LogP contribution in [-0.2, 0) is 4.79 Å². The molecule has 0 spiro atoms. The maximum atomic E-state index is 12.8. The van der Waals surface area contributed by atoms with Gasteiger partial charge >= 0.3 is 0 Å². The fourth-order valence-corrected chi connectivity index (χ4v) is 2.79. The molecular weight excluding hydrogens is 286 g/mol. The Balaban J connectivity index is 1.89. The Morgan fingerprint density at radius 3 is 2.65 bits per heavy atom. The average Bonchev–Trinajstić information content (AvgIpc) is 3.07. The Morgan fingerprint density at radius 2 is 1.91 bits per heavy atom. The van der Waals surface area contributed by atoms with Gasteiger partial charge in [0.15, 0.2) is 0 Å². The van der Waals surface area contributed by atoms with Crippen LogP contribution in [0, 0.1) is 5.92 Å². The smallest absolute Gasteiger partial charge is 0.247 e. The molecule has 1 aromatic carbocycles. The number of carbonyl (C=O) groups excluding carboxylic acids is 1. The molecule has 3 rings (SSSR count). The number of pyridine rings is 1. The number of nitrogens with zero attached hydrogens (tertiary/aromatic N) is 2. The molecule has 4 nitrogen and oxygen atoms in total. The van der Waals surface area contributed by atoms with Crippen LogP contribution in [0.5, 0.6) is 0 Å². The van der Waals surface area contributed by atoms with Crippen LogP contribution >= 0.6 is 0 Å². The van der Waals surface area contributed by atoms with E-state index in [0.717, 1.165) is 23.0 Å². The van der Waals surface area contributed by atoms with Crippen LogP contribution in [0.3, 0.4) is 0 Å². The maximum Gasteiger partial charge on any atom is 0.247 e. The lowest BCUT2D eigenvalue weighted by Crippen LogP contribution is -2.26. The van der Waals surface area contributed by atoms with Gasteiger partial charge in [0.1, 0.15) is 6.04 Å². The minimum absolute atomic E-state index is 0.00579. The lowest BCUT2D eigenvalue weighted by Gasteiger charge is -2.21. The topological polar surface area (TPSA) is 46.9 Å². The van der Waals surface area contributed by atoms with E-state index in [1.807, 2.05) is 59.4 Å². The molecule has 4 heteroatoms. The first-order valence-corrected chi connectivity index (χ1v) is 7.92. The van der Waals surface area contributed by atoms with Crippen molar-refractivity contribution < 1.29 is 4.79 Å². The molecule has 1 amide bonds. The fraction of sp³-hybridized carbons (Fsp3) is 0.263. The van der Waals surface area contributed by atoms with Gasteiger partial charge in [-0.05, 0) is 48.7 Å². The molecule has 0 bridgehead atoms. The SMILES string of the molecule is CC(C)CC(C(=O)Nc1cccc2ncccc12)n1cccc1. The van der Waals surface area contributed by atoms with E-state index in [2.05, 4.69) is 24.1 Å². The van der Waals surface area contributed by atoms with Crippen LogP contribution in [-0.4, -0.2) is 15.5 Å². The van der Waals surface area contributed by atoms with Crippen LogP contribution in [0.2, 0.25) is 0 Å². The standard InChI is InChI=1S/C19H21N3O/c1-14(2)13-18(22-11-3-4-12-22)19(23)21-17-9-5-8-16-15(17)7-6-10-20-16/h3-12,14,18H,13H2,1-2H3,(H,21,23). The number of benzene rings is 1. The van der Waals surface area contributed by atoms with Crippen molar-refractivity contribution >= 4 is 22.5 Å². The average molecular weight is 307 g/mol. The third kappa shape index (κ3) is 3.42. The quantitative estimate of drug-likeness (QED) is 0.765. The van der Waals surface area contributed by atoms with Gasteiger partial charge in [-0.1, -0.05) is 19.9 Å². The molecule has 1 unspecified atom stereocenters. The molecule has 3 aromatic rings. The van der Waals surface area contributed by atoms with Gasteiger partial charge in [0, 0.05) is 24.0 Å². The lowest BCUT2D eigenvalue weighted by atomic mass is 10.0. The Bertz CT molecular complexity index is 788. The van der Waals surface area contributed by atoms with Crippen LogP contribution < -0.4 is 5.32 Å². The number of aromatic nitrogens is 2. The Morgan fingerprint density at radius 1 is 1.13 bits per heavy atom. The second-order valence-electron chi connectivity index (χ2n) is 6.14. The highest BCUT2D eigenvalue weighted by Crippen LogP contribution is 2.24. The van der Waals surface area contributed by atoms with E-state index in [-0.39, 0.29) is 11.9 Å². The summed E-state index contributed by atoms with van der Waals surface area (Å²) in [6, 6.07) is 13.3. The first-order valence-electron chi connectivity index (χ1n) is 7.92. The highest BCUT2D eigenvalue weighted by Gasteiger charge is 2.21. The summed E-state index contributed by atoms with van der Waals surface area (Å²) in [5.41, 5.74) is 1.69. The van der Waals surface area contributed by atoms with Gasteiger partial charge in [-0.25, -0.2) is 0 Å². The summed E-state index contributed by atoms with van der Waals surface area (Å²) in [7, 11) is 0. The van der Waals surface area contributed by atoms with Crippen LogP contribution in [0.25, 0.3) is 10.9 Å². The van der Waals surface area contributed by atoms with E-state index in [0.29, 0.717) is 5.92 Å². The van der Waals surface area contributed by atoms with E-state index < -0.39 is 0 Å². The highest BCUT2D eigenvalue weighted by molar-refractivity contribution is 6.02. The number of anilines is 1. The van der Waals surface area contributed by atoms with Crippen LogP contribution in [0.1, 0.15) is 26.3 Å². The number of carbonyl (C=O) groups is 1. The molecule has 2 aromatic heterocycles. The number of hydrogen-bond donors (Lipinski definition) is 1. The van der Waals surface area contributed by atoms with Gasteiger partial charge in [-0.2, -0.15) is 0 Å². The van der Waals surface area contributed by atoms with Crippen molar-refractivity contribution in [3.63, 3.8) is 0 Å². The molecule has 0 aliphatic heterocycles. The van der Waals surface area contributed by atoms with Crippen molar-refractivity contribution in [2.75, 3.05) is 5.32 Å². The van der Waals surface area contributed by atoms with Gasteiger partial charge in [-0.15, -0.1) is 0 Å². The second kappa shape index (κ2) is 6.65. The third-order valence-corrected chi connectivity index (χ3v) is 3.89. The molecular formula is C19H21N3O. The zero-order chi connectivity index (χ0) is 16.2. The summed E-state index contributed by atoms with van der Waals surface area (Å²) in [6.45, 7) is 4.26. The van der Waals surface area contributed by atoms with Crippen molar-refractivity contribution in [2.45, 2.75) is 26.3 Å². The van der Waals surface area contributed by atoms with Crippen LogP contribution in [0.4, 0.5) is 5.69 Å². The van der Waals surface area contributed by atoms with Crippen molar-refractivity contribution in [1.29, 1.82) is 0 Å². The molecule has 2 heterocycles. The number of fused-ring (bicyclic) bond motifs is 1. The summed E-state index contributed by atoms with van der Waals surface area (Å²) < 4.78 is 1.97. The predicted octanol–water partition coefficient (Wildman–Crippen LogP) is 4.26. The number of hydrogen-bond acceptors (Lipinski definition) is 2. The summed E-state index contributed by atoms with van der Waals surface area (Å²) in [6.07, 6.45) is 6.44. The van der Waals surface area contributed by atoms with Gasteiger partial charge in [0.2, 0.25) is 5.91 Å². The minimum Gasteiger partial charge on any atom is -0.342 e. The van der Waals surface area contributed by atoms with Gasteiger partial charge < -0.3 is 9.88 Å². The molecule has 1 N–H and O–H groups in total. The highest BCUT2D eigenvalue weighted by atomic mass is 16.2. The minimum atomic E-state index is -0.211. The normalized spacial score (nSPS) is 12.5.